The van der Waals surface area contributed by atoms with Crippen molar-refractivity contribution < 1.29 is 18.7 Å². The zero-order valence-electron chi connectivity index (χ0n) is 17.5. The van der Waals surface area contributed by atoms with E-state index in [9.17, 15) is 9.59 Å². The van der Waals surface area contributed by atoms with E-state index in [4.69, 9.17) is 9.15 Å². The molecule has 0 radical (unpaired) electrons. The maximum absolute atomic E-state index is 12.6. The molecule has 3 aromatic rings. The standard InChI is InChI=1S/C23H27N3O4/c1-14-12-26(13-15(2)29-14)11-10-20(27)24-25-23(28)21-16(3)18-9-8-17-6-4-5-7-19(17)22(18)30-21/h4-9,14-15H,10-13H2,1-3H3,(H,24,27)(H,25,28)/t14-,15-/m0/s1. The molecule has 0 saturated carbocycles. The summed E-state index contributed by atoms with van der Waals surface area (Å²) in [4.78, 5) is 27.0. The molecule has 7 nitrogen and oxygen atoms in total. The van der Waals surface area contributed by atoms with E-state index >= 15 is 0 Å². The van der Waals surface area contributed by atoms with Crippen LogP contribution in [-0.2, 0) is 9.53 Å². The molecule has 1 fully saturated rings. The van der Waals surface area contributed by atoms with Crippen LogP contribution in [0.1, 0.15) is 36.4 Å². The van der Waals surface area contributed by atoms with Crippen molar-refractivity contribution in [1.82, 2.24) is 15.8 Å². The number of furan rings is 1. The van der Waals surface area contributed by atoms with Gasteiger partial charge < -0.3 is 9.15 Å². The van der Waals surface area contributed by atoms with Gasteiger partial charge >= 0.3 is 5.91 Å². The fourth-order valence-corrected chi connectivity index (χ4v) is 4.14. The molecule has 2 N–H and O–H groups in total. The van der Waals surface area contributed by atoms with Crippen molar-refractivity contribution in [2.24, 2.45) is 0 Å². The molecule has 1 aliphatic rings. The molecule has 2 atom stereocenters. The van der Waals surface area contributed by atoms with E-state index in [2.05, 4.69) is 15.8 Å². The number of amides is 2. The van der Waals surface area contributed by atoms with E-state index in [1.807, 2.05) is 57.2 Å². The molecule has 158 valence electrons. The van der Waals surface area contributed by atoms with E-state index in [1.165, 1.54) is 0 Å². The van der Waals surface area contributed by atoms with Crippen molar-refractivity contribution in [3.8, 4) is 0 Å². The van der Waals surface area contributed by atoms with E-state index in [0.717, 1.165) is 34.8 Å². The number of hydrogen-bond donors (Lipinski definition) is 2. The van der Waals surface area contributed by atoms with Gasteiger partial charge in [0.25, 0.3) is 0 Å². The summed E-state index contributed by atoms with van der Waals surface area (Å²) in [6, 6.07) is 11.8. The summed E-state index contributed by atoms with van der Waals surface area (Å²) in [6.07, 6.45) is 0.607. The molecule has 0 aliphatic carbocycles. The molecule has 7 heteroatoms. The summed E-state index contributed by atoms with van der Waals surface area (Å²) in [7, 11) is 0. The third-order valence-corrected chi connectivity index (χ3v) is 5.50. The molecule has 1 saturated heterocycles. The summed E-state index contributed by atoms with van der Waals surface area (Å²) in [5.41, 5.74) is 6.40. The Balaban J connectivity index is 1.38. The maximum atomic E-state index is 12.6. The predicted octanol–water partition coefficient (Wildman–Crippen LogP) is 3.15. The Morgan fingerprint density at radius 3 is 2.53 bits per heavy atom. The number of hydrogen-bond acceptors (Lipinski definition) is 5. The Morgan fingerprint density at radius 2 is 1.77 bits per heavy atom. The third-order valence-electron chi connectivity index (χ3n) is 5.50. The monoisotopic (exact) mass is 409 g/mol. The molecule has 2 heterocycles. The third kappa shape index (κ3) is 4.17. The highest BCUT2D eigenvalue weighted by atomic mass is 16.5. The molecule has 0 bridgehead atoms. The molecular formula is C23H27N3O4. The van der Waals surface area contributed by atoms with Crippen molar-refractivity contribution in [2.45, 2.75) is 39.4 Å². The highest BCUT2D eigenvalue weighted by Gasteiger charge is 2.23. The zero-order chi connectivity index (χ0) is 21.3. The van der Waals surface area contributed by atoms with Crippen LogP contribution >= 0.6 is 0 Å². The number of carbonyl (C=O) groups excluding carboxylic acids is 2. The molecule has 2 aromatic carbocycles. The average Bonchev–Trinajstić information content (AvgIpc) is 3.07. The number of benzene rings is 2. The second-order valence-electron chi connectivity index (χ2n) is 7.99. The fraction of sp³-hybridized carbons (Fsp3) is 0.391. The highest BCUT2D eigenvalue weighted by Crippen LogP contribution is 2.31. The molecule has 4 rings (SSSR count). The Bertz CT molecular complexity index is 1080. The topological polar surface area (TPSA) is 83.8 Å². The van der Waals surface area contributed by atoms with Crippen LogP contribution in [0.4, 0.5) is 0 Å². The van der Waals surface area contributed by atoms with Crippen molar-refractivity contribution >= 4 is 33.6 Å². The Hall–Kier alpha value is -2.90. The molecule has 1 aromatic heterocycles. The van der Waals surface area contributed by atoms with Crippen LogP contribution in [0.3, 0.4) is 0 Å². The number of aryl methyl sites for hydroxylation is 1. The molecule has 30 heavy (non-hydrogen) atoms. The van der Waals surface area contributed by atoms with Gasteiger partial charge in [-0.1, -0.05) is 36.4 Å². The van der Waals surface area contributed by atoms with Gasteiger partial charge in [0.15, 0.2) is 5.76 Å². The summed E-state index contributed by atoms with van der Waals surface area (Å²) in [6.45, 7) is 8.13. The van der Waals surface area contributed by atoms with E-state index in [-0.39, 0.29) is 23.9 Å². The first-order chi connectivity index (χ1) is 14.4. The molecule has 2 amide bonds. The van der Waals surface area contributed by atoms with E-state index in [0.29, 0.717) is 18.5 Å². The lowest BCUT2D eigenvalue weighted by atomic mass is 10.1. The van der Waals surface area contributed by atoms with Gasteiger partial charge in [0, 0.05) is 42.4 Å². The lowest BCUT2D eigenvalue weighted by molar-refractivity contribution is -0.123. The van der Waals surface area contributed by atoms with Crippen LogP contribution in [0.2, 0.25) is 0 Å². The second-order valence-corrected chi connectivity index (χ2v) is 7.99. The van der Waals surface area contributed by atoms with Crippen molar-refractivity contribution in [3.63, 3.8) is 0 Å². The van der Waals surface area contributed by atoms with Gasteiger partial charge in [-0.05, 0) is 26.2 Å². The zero-order valence-corrected chi connectivity index (χ0v) is 17.5. The summed E-state index contributed by atoms with van der Waals surface area (Å²) in [5.74, 6) is -0.499. The number of ether oxygens (including phenoxy) is 1. The Morgan fingerprint density at radius 1 is 1.03 bits per heavy atom. The first kappa shape index (κ1) is 20.4. The molecule has 1 aliphatic heterocycles. The lowest BCUT2D eigenvalue weighted by Crippen LogP contribution is -2.47. The average molecular weight is 409 g/mol. The van der Waals surface area contributed by atoms with Crippen LogP contribution in [-0.4, -0.2) is 48.6 Å². The second kappa shape index (κ2) is 8.45. The first-order valence-corrected chi connectivity index (χ1v) is 10.3. The van der Waals surface area contributed by atoms with Crippen LogP contribution in [0, 0.1) is 6.92 Å². The molecular weight excluding hydrogens is 382 g/mol. The van der Waals surface area contributed by atoms with Gasteiger partial charge in [-0.15, -0.1) is 0 Å². The molecule has 0 unspecified atom stereocenters. The van der Waals surface area contributed by atoms with Crippen molar-refractivity contribution in [2.75, 3.05) is 19.6 Å². The van der Waals surface area contributed by atoms with Crippen LogP contribution in [0.5, 0.6) is 0 Å². The van der Waals surface area contributed by atoms with Crippen LogP contribution in [0.15, 0.2) is 40.8 Å². The van der Waals surface area contributed by atoms with Crippen molar-refractivity contribution in [1.29, 1.82) is 0 Å². The largest absolute Gasteiger partial charge is 0.450 e. The van der Waals surface area contributed by atoms with Gasteiger partial charge in [0.05, 0.1) is 12.2 Å². The summed E-state index contributed by atoms with van der Waals surface area (Å²) < 4.78 is 11.6. The van der Waals surface area contributed by atoms with Gasteiger partial charge in [-0.3, -0.25) is 25.3 Å². The SMILES string of the molecule is Cc1c(C(=O)NNC(=O)CCN2C[C@H](C)O[C@@H](C)C2)oc2c1ccc1ccccc12. The minimum Gasteiger partial charge on any atom is -0.450 e. The highest BCUT2D eigenvalue weighted by molar-refractivity contribution is 6.09. The quantitative estimate of drug-likeness (QED) is 0.647. The van der Waals surface area contributed by atoms with Gasteiger partial charge in [0.1, 0.15) is 5.58 Å². The molecule has 0 spiro atoms. The number of morpholine rings is 1. The number of nitrogens with zero attached hydrogens (tertiary/aromatic N) is 1. The lowest BCUT2D eigenvalue weighted by Gasteiger charge is -2.35. The number of nitrogens with one attached hydrogen (secondary N) is 2. The number of hydrazine groups is 1. The van der Waals surface area contributed by atoms with E-state index in [1.54, 1.807) is 0 Å². The number of fused-ring (bicyclic) bond motifs is 3. The predicted molar refractivity (Wildman–Crippen MR) is 115 cm³/mol. The Labute approximate surface area is 175 Å². The normalized spacial score (nSPS) is 19.8. The van der Waals surface area contributed by atoms with Gasteiger partial charge in [0.2, 0.25) is 5.91 Å². The minimum absolute atomic E-state index is 0.156. The van der Waals surface area contributed by atoms with Crippen LogP contribution in [0.25, 0.3) is 21.7 Å². The van der Waals surface area contributed by atoms with E-state index < -0.39 is 5.91 Å². The number of rotatable bonds is 4. The first-order valence-electron chi connectivity index (χ1n) is 10.3. The maximum Gasteiger partial charge on any atom is 0.305 e. The Kier molecular flexibility index (Phi) is 5.74. The van der Waals surface area contributed by atoms with Gasteiger partial charge in [-0.2, -0.15) is 0 Å². The van der Waals surface area contributed by atoms with Crippen LogP contribution < -0.4 is 10.9 Å². The van der Waals surface area contributed by atoms with Gasteiger partial charge in [-0.25, -0.2) is 0 Å². The number of carbonyl (C=O) groups is 2. The minimum atomic E-state index is -0.463. The fourth-order valence-electron chi connectivity index (χ4n) is 4.14. The van der Waals surface area contributed by atoms with Crippen molar-refractivity contribution in [3.05, 3.63) is 47.7 Å². The summed E-state index contributed by atoms with van der Waals surface area (Å²) in [5, 5.41) is 2.89. The summed E-state index contributed by atoms with van der Waals surface area (Å²) >= 11 is 0. The smallest absolute Gasteiger partial charge is 0.305 e.